The molecule has 3 aromatic rings. The Kier molecular flexibility index (Phi) is 5.70. The molecule has 0 fully saturated rings. The monoisotopic (exact) mass is 397 g/mol. The van der Waals surface area contributed by atoms with E-state index in [9.17, 15) is 14.0 Å². The van der Waals surface area contributed by atoms with Crippen LogP contribution in [0, 0.1) is 19.7 Å². The average Bonchev–Trinajstić information content (AvgIpc) is 2.67. The highest BCUT2D eigenvalue weighted by atomic mass is 35.5. The van der Waals surface area contributed by atoms with Crippen LogP contribution >= 0.6 is 11.6 Å². The minimum Gasteiger partial charge on any atom is -0.322 e. The van der Waals surface area contributed by atoms with E-state index >= 15 is 0 Å². The predicted octanol–water partition coefficient (Wildman–Crippen LogP) is 5.00. The number of amides is 2. The van der Waals surface area contributed by atoms with Crippen molar-refractivity contribution in [3.8, 4) is 0 Å². The largest absolute Gasteiger partial charge is 0.322 e. The summed E-state index contributed by atoms with van der Waals surface area (Å²) in [6.45, 7) is 3.79. The average molecular weight is 398 g/mol. The van der Waals surface area contributed by atoms with Crippen LogP contribution in [-0.4, -0.2) is 16.8 Å². The van der Waals surface area contributed by atoms with Gasteiger partial charge in [-0.05, 0) is 55.3 Å². The zero-order chi connectivity index (χ0) is 20.3. The molecule has 142 valence electrons. The van der Waals surface area contributed by atoms with E-state index in [1.807, 2.05) is 32.0 Å². The minimum atomic E-state index is -0.575. The first kappa shape index (κ1) is 19.5. The Hall–Kier alpha value is -3.25. The molecule has 28 heavy (non-hydrogen) atoms. The van der Waals surface area contributed by atoms with Crippen molar-refractivity contribution in [1.29, 1.82) is 0 Å². The molecule has 0 unspecified atom stereocenters. The normalized spacial score (nSPS) is 10.4. The molecule has 0 aliphatic rings. The van der Waals surface area contributed by atoms with Gasteiger partial charge in [-0.3, -0.25) is 14.6 Å². The quantitative estimate of drug-likeness (QED) is 0.651. The fourth-order valence-electron chi connectivity index (χ4n) is 2.66. The van der Waals surface area contributed by atoms with Crippen LogP contribution in [0.15, 0.2) is 54.7 Å². The number of benzene rings is 2. The van der Waals surface area contributed by atoms with E-state index in [0.717, 1.165) is 17.2 Å². The van der Waals surface area contributed by atoms with Gasteiger partial charge < -0.3 is 10.6 Å². The van der Waals surface area contributed by atoms with Crippen molar-refractivity contribution in [1.82, 2.24) is 4.98 Å². The predicted molar refractivity (Wildman–Crippen MR) is 107 cm³/mol. The van der Waals surface area contributed by atoms with Gasteiger partial charge >= 0.3 is 0 Å². The highest BCUT2D eigenvalue weighted by molar-refractivity contribution is 6.31. The fourth-order valence-corrected chi connectivity index (χ4v) is 2.84. The SMILES string of the molecule is Cc1cccc(C)c1NC(=O)c1cc(C(=O)Nc2ccc(F)c(Cl)c2)ccn1. The van der Waals surface area contributed by atoms with Gasteiger partial charge in [0.2, 0.25) is 0 Å². The highest BCUT2D eigenvalue weighted by Crippen LogP contribution is 2.21. The van der Waals surface area contributed by atoms with E-state index in [-0.39, 0.29) is 16.3 Å². The summed E-state index contributed by atoms with van der Waals surface area (Å²) in [4.78, 5) is 29.1. The first-order valence-corrected chi connectivity index (χ1v) is 8.83. The highest BCUT2D eigenvalue weighted by Gasteiger charge is 2.14. The van der Waals surface area contributed by atoms with Crippen LogP contribution in [0.5, 0.6) is 0 Å². The first-order valence-electron chi connectivity index (χ1n) is 8.45. The lowest BCUT2D eigenvalue weighted by molar-refractivity contribution is 0.102. The van der Waals surface area contributed by atoms with E-state index in [1.54, 1.807) is 0 Å². The maximum absolute atomic E-state index is 13.2. The Morgan fingerprint density at radius 1 is 0.964 bits per heavy atom. The summed E-state index contributed by atoms with van der Waals surface area (Å²) in [7, 11) is 0. The molecule has 0 atom stereocenters. The summed E-state index contributed by atoms with van der Waals surface area (Å²) in [5.74, 6) is -1.46. The molecule has 3 rings (SSSR count). The second-order valence-electron chi connectivity index (χ2n) is 6.23. The Bertz CT molecular complexity index is 1050. The van der Waals surface area contributed by atoms with Gasteiger partial charge in [-0.25, -0.2) is 4.39 Å². The summed E-state index contributed by atoms with van der Waals surface area (Å²) < 4.78 is 13.2. The van der Waals surface area contributed by atoms with Crippen molar-refractivity contribution < 1.29 is 14.0 Å². The number of para-hydroxylation sites is 1. The molecule has 0 saturated heterocycles. The molecule has 2 N–H and O–H groups in total. The number of carbonyl (C=O) groups excluding carboxylic acids is 2. The van der Waals surface area contributed by atoms with E-state index in [0.29, 0.717) is 11.4 Å². The molecule has 7 heteroatoms. The van der Waals surface area contributed by atoms with Crippen LogP contribution in [0.25, 0.3) is 0 Å². The maximum Gasteiger partial charge on any atom is 0.274 e. The third-order valence-corrected chi connectivity index (χ3v) is 4.44. The van der Waals surface area contributed by atoms with Crippen molar-refractivity contribution in [2.24, 2.45) is 0 Å². The van der Waals surface area contributed by atoms with Gasteiger partial charge in [-0.1, -0.05) is 29.8 Å². The molecule has 0 bridgehead atoms. The zero-order valence-electron chi connectivity index (χ0n) is 15.2. The molecule has 1 heterocycles. The van der Waals surface area contributed by atoms with Gasteiger partial charge in [0, 0.05) is 23.1 Å². The summed E-state index contributed by atoms with van der Waals surface area (Å²) in [5, 5.41) is 5.35. The summed E-state index contributed by atoms with van der Waals surface area (Å²) in [6, 6.07) is 12.4. The Labute approximate surface area is 166 Å². The summed E-state index contributed by atoms with van der Waals surface area (Å²) in [6.07, 6.45) is 1.38. The second kappa shape index (κ2) is 8.19. The third-order valence-electron chi connectivity index (χ3n) is 4.15. The molecular weight excluding hydrogens is 381 g/mol. The molecule has 0 saturated carbocycles. The summed E-state index contributed by atoms with van der Waals surface area (Å²) >= 11 is 5.72. The summed E-state index contributed by atoms with van der Waals surface area (Å²) in [5.41, 5.74) is 3.25. The van der Waals surface area contributed by atoms with Crippen LogP contribution in [0.1, 0.15) is 32.0 Å². The van der Waals surface area contributed by atoms with Crippen molar-refractivity contribution in [3.63, 3.8) is 0 Å². The number of anilines is 2. The van der Waals surface area contributed by atoms with E-state index < -0.39 is 17.6 Å². The van der Waals surface area contributed by atoms with Gasteiger partial charge in [0.1, 0.15) is 11.5 Å². The molecule has 2 amide bonds. The number of aryl methyl sites for hydroxylation is 2. The Morgan fingerprint density at radius 2 is 1.68 bits per heavy atom. The number of pyridine rings is 1. The molecule has 0 radical (unpaired) electrons. The Morgan fingerprint density at radius 3 is 2.36 bits per heavy atom. The van der Waals surface area contributed by atoms with Gasteiger partial charge in [-0.15, -0.1) is 0 Å². The third kappa shape index (κ3) is 4.35. The van der Waals surface area contributed by atoms with E-state index in [2.05, 4.69) is 15.6 Å². The van der Waals surface area contributed by atoms with Crippen LogP contribution in [0.3, 0.4) is 0 Å². The molecule has 0 spiro atoms. The number of aromatic nitrogens is 1. The molecule has 2 aromatic carbocycles. The number of hydrogen-bond donors (Lipinski definition) is 2. The molecule has 1 aromatic heterocycles. The smallest absolute Gasteiger partial charge is 0.274 e. The minimum absolute atomic E-state index is 0.0961. The topological polar surface area (TPSA) is 71.1 Å². The van der Waals surface area contributed by atoms with Gasteiger partial charge in [0.15, 0.2) is 0 Å². The lowest BCUT2D eigenvalue weighted by atomic mass is 10.1. The molecule has 0 aliphatic carbocycles. The molecule has 0 aliphatic heterocycles. The van der Waals surface area contributed by atoms with E-state index in [4.69, 9.17) is 11.6 Å². The Balaban J connectivity index is 1.78. The number of halogens is 2. The van der Waals surface area contributed by atoms with Crippen LogP contribution in [0.4, 0.5) is 15.8 Å². The lowest BCUT2D eigenvalue weighted by Crippen LogP contribution is -2.18. The zero-order valence-corrected chi connectivity index (χ0v) is 16.0. The molecule has 5 nitrogen and oxygen atoms in total. The number of hydrogen-bond acceptors (Lipinski definition) is 3. The van der Waals surface area contributed by atoms with E-state index in [1.165, 1.54) is 30.5 Å². The number of nitrogens with one attached hydrogen (secondary N) is 2. The second-order valence-corrected chi connectivity index (χ2v) is 6.64. The van der Waals surface area contributed by atoms with Crippen LogP contribution < -0.4 is 10.6 Å². The van der Waals surface area contributed by atoms with Gasteiger partial charge in [-0.2, -0.15) is 0 Å². The van der Waals surface area contributed by atoms with Crippen molar-refractivity contribution in [2.45, 2.75) is 13.8 Å². The maximum atomic E-state index is 13.2. The van der Waals surface area contributed by atoms with Crippen molar-refractivity contribution in [2.75, 3.05) is 10.6 Å². The van der Waals surface area contributed by atoms with Crippen LogP contribution in [0.2, 0.25) is 5.02 Å². The van der Waals surface area contributed by atoms with Crippen molar-refractivity contribution in [3.05, 3.63) is 88.0 Å². The standard InChI is InChI=1S/C21H17ClFN3O2/c1-12-4-3-5-13(2)19(12)26-21(28)18-10-14(8-9-24-18)20(27)25-15-6-7-17(23)16(22)11-15/h3-11H,1-2H3,(H,25,27)(H,26,28). The number of nitrogens with zero attached hydrogens (tertiary/aromatic N) is 1. The fraction of sp³-hybridized carbons (Fsp3) is 0.0952. The lowest BCUT2D eigenvalue weighted by Gasteiger charge is -2.11. The number of rotatable bonds is 4. The van der Waals surface area contributed by atoms with Crippen molar-refractivity contribution >= 4 is 34.8 Å². The van der Waals surface area contributed by atoms with Crippen LogP contribution in [-0.2, 0) is 0 Å². The van der Waals surface area contributed by atoms with Gasteiger partial charge in [0.05, 0.1) is 5.02 Å². The van der Waals surface area contributed by atoms with Gasteiger partial charge in [0.25, 0.3) is 11.8 Å². The first-order chi connectivity index (χ1) is 13.3. The number of carbonyl (C=O) groups is 2. The molecular formula is C21H17ClFN3O2.